The van der Waals surface area contributed by atoms with E-state index in [2.05, 4.69) is 52.1 Å². The van der Waals surface area contributed by atoms with Crippen LogP contribution in [0.5, 0.6) is 0 Å². The van der Waals surface area contributed by atoms with E-state index < -0.39 is 0 Å². The third-order valence-corrected chi connectivity index (χ3v) is 5.31. The second kappa shape index (κ2) is 7.31. The molecule has 0 unspecified atom stereocenters. The first-order valence-corrected chi connectivity index (χ1v) is 8.82. The number of hydrogen-bond acceptors (Lipinski definition) is 4. The zero-order chi connectivity index (χ0) is 17.0. The minimum absolute atomic E-state index is 0.0440. The Labute approximate surface area is 144 Å². The Morgan fingerprint density at radius 3 is 2.50 bits per heavy atom. The van der Waals surface area contributed by atoms with Gasteiger partial charge in [-0.15, -0.1) is 0 Å². The maximum atomic E-state index is 10.0. The van der Waals surface area contributed by atoms with Crippen LogP contribution < -0.4 is 4.90 Å². The molecule has 1 N–H and O–H groups in total. The van der Waals surface area contributed by atoms with Crippen molar-refractivity contribution in [2.75, 3.05) is 24.6 Å². The molecule has 4 nitrogen and oxygen atoms in total. The lowest BCUT2D eigenvalue weighted by atomic mass is 9.75. The van der Waals surface area contributed by atoms with Crippen LogP contribution in [0.15, 0.2) is 36.5 Å². The minimum Gasteiger partial charge on any atom is -0.396 e. The SMILES string of the molecule is Cc1ncc(C)c(N2CCC(CO)(CCc3ccccc3)CC2)n1. The van der Waals surface area contributed by atoms with E-state index in [1.807, 2.05) is 13.1 Å². The van der Waals surface area contributed by atoms with Gasteiger partial charge in [0, 0.05) is 31.5 Å². The van der Waals surface area contributed by atoms with Gasteiger partial charge in [-0.1, -0.05) is 30.3 Å². The highest BCUT2D eigenvalue weighted by atomic mass is 16.3. The highest BCUT2D eigenvalue weighted by Gasteiger charge is 2.34. The number of rotatable bonds is 5. The number of aliphatic hydroxyl groups excluding tert-OH is 1. The average molecular weight is 325 g/mol. The molecule has 1 fully saturated rings. The van der Waals surface area contributed by atoms with Crippen molar-refractivity contribution in [2.24, 2.45) is 5.41 Å². The topological polar surface area (TPSA) is 49.2 Å². The summed E-state index contributed by atoms with van der Waals surface area (Å²) in [5, 5.41) is 10.0. The number of aromatic nitrogens is 2. The molecule has 0 amide bonds. The van der Waals surface area contributed by atoms with Crippen molar-refractivity contribution in [3.8, 4) is 0 Å². The van der Waals surface area contributed by atoms with E-state index in [-0.39, 0.29) is 12.0 Å². The molecular weight excluding hydrogens is 298 g/mol. The maximum Gasteiger partial charge on any atom is 0.135 e. The molecule has 0 spiro atoms. The zero-order valence-electron chi connectivity index (χ0n) is 14.7. The summed E-state index contributed by atoms with van der Waals surface area (Å²) < 4.78 is 0. The molecule has 2 aromatic rings. The number of aryl methyl sites for hydroxylation is 3. The largest absolute Gasteiger partial charge is 0.396 e. The Hall–Kier alpha value is -1.94. The molecule has 0 atom stereocenters. The molecule has 24 heavy (non-hydrogen) atoms. The molecule has 1 aliphatic heterocycles. The Bertz CT molecular complexity index is 664. The number of benzene rings is 1. The molecule has 0 bridgehead atoms. The van der Waals surface area contributed by atoms with Gasteiger partial charge in [0.1, 0.15) is 11.6 Å². The van der Waals surface area contributed by atoms with Crippen LogP contribution in [0.4, 0.5) is 5.82 Å². The fraction of sp³-hybridized carbons (Fsp3) is 0.500. The van der Waals surface area contributed by atoms with Crippen molar-refractivity contribution in [1.29, 1.82) is 0 Å². The van der Waals surface area contributed by atoms with Crippen LogP contribution in [0.25, 0.3) is 0 Å². The van der Waals surface area contributed by atoms with E-state index in [0.29, 0.717) is 0 Å². The Morgan fingerprint density at radius 2 is 1.83 bits per heavy atom. The number of aliphatic hydroxyl groups is 1. The van der Waals surface area contributed by atoms with Gasteiger partial charge in [0.05, 0.1) is 0 Å². The minimum atomic E-state index is 0.0440. The second-order valence-corrected chi connectivity index (χ2v) is 7.05. The van der Waals surface area contributed by atoms with Gasteiger partial charge in [-0.05, 0) is 50.5 Å². The average Bonchev–Trinajstić information content (AvgIpc) is 2.63. The molecule has 0 saturated carbocycles. The summed E-state index contributed by atoms with van der Waals surface area (Å²) in [5.74, 6) is 1.87. The van der Waals surface area contributed by atoms with Gasteiger partial charge in [0.15, 0.2) is 0 Å². The summed E-state index contributed by atoms with van der Waals surface area (Å²) in [4.78, 5) is 11.2. The summed E-state index contributed by atoms with van der Waals surface area (Å²) in [5.41, 5.74) is 2.53. The third kappa shape index (κ3) is 3.75. The number of nitrogens with zero attached hydrogens (tertiary/aromatic N) is 3. The first-order chi connectivity index (χ1) is 11.6. The molecule has 0 radical (unpaired) electrons. The lowest BCUT2D eigenvalue weighted by Gasteiger charge is -2.41. The second-order valence-electron chi connectivity index (χ2n) is 7.05. The Morgan fingerprint density at radius 1 is 1.12 bits per heavy atom. The highest BCUT2D eigenvalue weighted by Crippen LogP contribution is 2.37. The lowest BCUT2D eigenvalue weighted by molar-refractivity contribution is 0.0872. The third-order valence-electron chi connectivity index (χ3n) is 5.31. The van der Waals surface area contributed by atoms with Crippen LogP contribution in [0.1, 0.15) is 36.2 Å². The van der Waals surface area contributed by atoms with Gasteiger partial charge < -0.3 is 10.0 Å². The van der Waals surface area contributed by atoms with Crippen LogP contribution in [-0.2, 0) is 6.42 Å². The molecule has 128 valence electrons. The number of anilines is 1. The van der Waals surface area contributed by atoms with Gasteiger partial charge >= 0.3 is 0 Å². The van der Waals surface area contributed by atoms with E-state index >= 15 is 0 Å². The van der Waals surface area contributed by atoms with Crippen molar-refractivity contribution in [1.82, 2.24) is 9.97 Å². The molecule has 3 rings (SSSR count). The van der Waals surface area contributed by atoms with E-state index in [9.17, 15) is 5.11 Å². The molecule has 1 saturated heterocycles. The fourth-order valence-electron chi connectivity index (χ4n) is 3.57. The predicted molar refractivity (Wildman–Crippen MR) is 97.2 cm³/mol. The summed E-state index contributed by atoms with van der Waals surface area (Å²) in [6, 6.07) is 10.6. The first kappa shape index (κ1) is 16.9. The quantitative estimate of drug-likeness (QED) is 0.916. The van der Waals surface area contributed by atoms with Crippen LogP contribution in [0.3, 0.4) is 0 Å². The number of hydrogen-bond donors (Lipinski definition) is 1. The molecule has 2 heterocycles. The van der Waals surface area contributed by atoms with Gasteiger partial charge in [0.2, 0.25) is 0 Å². The van der Waals surface area contributed by atoms with Crippen LogP contribution in [-0.4, -0.2) is 34.8 Å². The summed E-state index contributed by atoms with van der Waals surface area (Å²) in [7, 11) is 0. The van der Waals surface area contributed by atoms with Crippen molar-refractivity contribution in [3.63, 3.8) is 0 Å². The monoisotopic (exact) mass is 325 g/mol. The van der Waals surface area contributed by atoms with Crippen molar-refractivity contribution < 1.29 is 5.11 Å². The van der Waals surface area contributed by atoms with Crippen LogP contribution in [0, 0.1) is 19.3 Å². The Kier molecular flexibility index (Phi) is 5.14. The van der Waals surface area contributed by atoms with Gasteiger partial charge in [-0.25, -0.2) is 9.97 Å². The number of piperidine rings is 1. The van der Waals surface area contributed by atoms with Crippen molar-refractivity contribution >= 4 is 5.82 Å². The summed E-state index contributed by atoms with van der Waals surface area (Å²) >= 11 is 0. The molecule has 1 aliphatic rings. The zero-order valence-corrected chi connectivity index (χ0v) is 14.7. The molecule has 1 aromatic heterocycles. The Balaban J connectivity index is 1.64. The molecule has 0 aliphatic carbocycles. The lowest BCUT2D eigenvalue weighted by Crippen LogP contribution is -2.43. The summed E-state index contributed by atoms with van der Waals surface area (Å²) in [6.07, 6.45) is 6.01. The highest BCUT2D eigenvalue weighted by molar-refractivity contribution is 5.45. The van der Waals surface area contributed by atoms with Gasteiger partial charge in [-0.3, -0.25) is 0 Å². The van der Waals surface area contributed by atoms with Crippen LogP contribution in [0.2, 0.25) is 0 Å². The fourth-order valence-corrected chi connectivity index (χ4v) is 3.57. The van der Waals surface area contributed by atoms with E-state index in [1.54, 1.807) is 0 Å². The van der Waals surface area contributed by atoms with Crippen molar-refractivity contribution in [3.05, 3.63) is 53.5 Å². The van der Waals surface area contributed by atoms with E-state index in [0.717, 1.165) is 56.0 Å². The molecule has 1 aromatic carbocycles. The summed E-state index contributed by atoms with van der Waals surface area (Å²) in [6.45, 7) is 6.18. The normalized spacial score (nSPS) is 17.0. The standard InChI is InChI=1S/C20H27N3O/c1-16-14-21-17(2)22-19(16)23-12-10-20(15-24,11-13-23)9-8-18-6-4-3-5-7-18/h3-7,14,24H,8-13,15H2,1-2H3. The van der Waals surface area contributed by atoms with Gasteiger partial charge in [-0.2, -0.15) is 0 Å². The molecular formula is C20H27N3O. The van der Waals surface area contributed by atoms with E-state index in [4.69, 9.17) is 0 Å². The van der Waals surface area contributed by atoms with Gasteiger partial charge in [0.25, 0.3) is 0 Å². The smallest absolute Gasteiger partial charge is 0.135 e. The van der Waals surface area contributed by atoms with Crippen molar-refractivity contribution in [2.45, 2.75) is 39.5 Å². The molecule has 4 heteroatoms. The predicted octanol–water partition coefficient (Wildman–Crippen LogP) is 3.31. The maximum absolute atomic E-state index is 10.0. The van der Waals surface area contributed by atoms with E-state index in [1.165, 1.54) is 5.56 Å². The first-order valence-electron chi connectivity index (χ1n) is 8.82. The van der Waals surface area contributed by atoms with Crippen LogP contribution >= 0.6 is 0 Å².